The highest BCUT2D eigenvalue weighted by Gasteiger charge is 2.44. The number of anilines is 2. The molecule has 1 aliphatic carbocycles. The van der Waals surface area contributed by atoms with E-state index in [1.165, 1.54) is 17.5 Å². The number of fused-ring (bicyclic) bond motifs is 1. The maximum Gasteiger partial charge on any atom is 0.310 e. The predicted octanol–water partition coefficient (Wildman–Crippen LogP) is 5.85. The molecule has 0 spiro atoms. The van der Waals surface area contributed by atoms with Gasteiger partial charge in [0, 0.05) is 45.5 Å². The van der Waals surface area contributed by atoms with Gasteiger partial charge in [0.05, 0.1) is 18.0 Å². The average molecular weight is 469 g/mol. The second-order valence-corrected chi connectivity index (χ2v) is 9.70. The summed E-state index contributed by atoms with van der Waals surface area (Å²) < 4.78 is 5.46. The SMILES string of the molecule is CN(C)c1ccc(/C=C2\CCC[C@H]3C2=NN(C(=O)c2ccco2)[C@@H]3c2ccc(N(C)C)cc2)cc1. The zero-order valence-corrected chi connectivity index (χ0v) is 20.8. The van der Waals surface area contributed by atoms with Gasteiger partial charge in [-0.25, -0.2) is 5.01 Å². The summed E-state index contributed by atoms with van der Waals surface area (Å²) in [5.41, 5.74) is 6.77. The minimum Gasteiger partial charge on any atom is -0.459 e. The fourth-order valence-electron chi connectivity index (χ4n) is 5.05. The first kappa shape index (κ1) is 23.0. The number of benzene rings is 2. The second kappa shape index (κ2) is 9.45. The standard InChI is InChI=1S/C29H32N4O2/c1-31(2)23-14-10-20(11-15-23)19-22-7-5-8-25-27(22)30-33(29(34)26-9-6-18-35-26)28(25)21-12-16-24(17-13-21)32(3)4/h6,9-19,25,28H,5,7-8H2,1-4H3/b22-19+/t25-,28+/m0/s1. The first-order valence-corrected chi connectivity index (χ1v) is 12.1. The highest BCUT2D eigenvalue weighted by atomic mass is 16.3. The van der Waals surface area contributed by atoms with Crippen molar-refractivity contribution in [3.8, 4) is 0 Å². The molecule has 0 radical (unpaired) electrons. The van der Waals surface area contributed by atoms with E-state index >= 15 is 0 Å². The number of hydrogen-bond donors (Lipinski definition) is 0. The van der Waals surface area contributed by atoms with Gasteiger partial charge < -0.3 is 14.2 Å². The van der Waals surface area contributed by atoms with Gasteiger partial charge >= 0.3 is 5.91 Å². The average Bonchev–Trinajstić information content (AvgIpc) is 3.53. The summed E-state index contributed by atoms with van der Waals surface area (Å²) in [5.74, 6) is 0.265. The van der Waals surface area contributed by atoms with E-state index in [1.54, 1.807) is 17.1 Å². The van der Waals surface area contributed by atoms with Crippen LogP contribution in [0.1, 0.15) is 47.0 Å². The van der Waals surface area contributed by atoms with Crippen LogP contribution in [0.3, 0.4) is 0 Å². The maximum atomic E-state index is 13.5. The third-order valence-electron chi connectivity index (χ3n) is 6.94. The Morgan fingerprint density at radius 1 is 0.971 bits per heavy atom. The monoisotopic (exact) mass is 468 g/mol. The smallest absolute Gasteiger partial charge is 0.310 e. The number of furan rings is 1. The zero-order chi connectivity index (χ0) is 24.5. The van der Waals surface area contributed by atoms with Gasteiger partial charge in [0.1, 0.15) is 0 Å². The Bertz CT molecular complexity index is 1240. The van der Waals surface area contributed by atoms with E-state index in [2.05, 4.69) is 64.4 Å². The number of nitrogens with zero attached hydrogens (tertiary/aromatic N) is 4. The van der Waals surface area contributed by atoms with Crippen molar-refractivity contribution in [3.63, 3.8) is 0 Å². The first-order chi connectivity index (χ1) is 16.9. The number of amides is 1. The van der Waals surface area contributed by atoms with Crippen molar-refractivity contribution >= 4 is 29.1 Å². The van der Waals surface area contributed by atoms with Gasteiger partial charge in [-0.1, -0.05) is 24.3 Å². The van der Waals surface area contributed by atoms with Crippen LogP contribution < -0.4 is 9.80 Å². The lowest BCUT2D eigenvalue weighted by Gasteiger charge is -2.29. The largest absolute Gasteiger partial charge is 0.459 e. The summed E-state index contributed by atoms with van der Waals surface area (Å²) >= 11 is 0. The molecule has 2 aromatic carbocycles. The third kappa shape index (κ3) is 4.48. The molecule has 0 unspecified atom stereocenters. The van der Waals surface area contributed by atoms with Crippen molar-refractivity contribution < 1.29 is 9.21 Å². The number of allylic oxidation sites excluding steroid dienone is 1. The van der Waals surface area contributed by atoms with Crippen LogP contribution in [-0.4, -0.2) is 44.8 Å². The van der Waals surface area contributed by atoms with E-state index < -0.39 is 0 Å². The summed E-state index contributed by atoms with van der Waals surface area (Å²) in [7, 11) is 8.15. The normalized spacial score (nSPS) is 20.5. The zero-order valence-electron chi connectivity index (χ0n) is 20.8. The van der Waals surface area contributed by atoms with E-state index in [4.69, 9.17) is 9.52 Å². The molecule has 1 amide bonds. The highest BCUT2D eigenvalue weighted by molar-refractivity contribution is 6.09. The molecule has 2 atom stereocenters. The minimum absolute atomic E-state index is 0.153. The number of carbonyl (C=O) groups excluding carboxylic acids is 1. The van der Waals surface area contributed by atoms with Crippen molar-refractivity contribution in [1.29, 1.82) is 0 Å². The quantitative estimate of drug-likeness (QED) is 0.471. The van der Waals surface area contributed by atoms with Crippen LogP contribution in [0.25, 0.3) is 6.08 Å². The van der Waals surface area contributed by atoms with Crippen molar-refractivity contribution in [2.75, 3.05) is 38.0 Å². The molecule has 180 valence electrons. The molecule has 0 saturated heterocycles. The van der Waals surface area contributed by atoms with Gasteiger partial charge in [-0.2, -0.15) is 5.10 Å². The molecule has 1 aliphatic heterocycles. The van der Waals surface area contributed by atoms with Crippen LogP contribution in [0.5, 0.6) is 0 Å². The molecule has 6 nitrogen and oxygen atoms in total. The molecule has 0 N–H and O–H groups in total. The minimum atomic E-state index is -0.201. The summed E-state index contributed by atoms with van der Waals surface area (Å²) in [5, 5.41) is 6.61. The maximum absolute atomic E-state index is 13.5. The number of carbonyl (C=O) groups is 1. The van der Waals surface area contributed by atoms with E-state index in [0.29, 0.717) is 5.76 Å². The lowest BCUT2D eigenvalue weighted by molar-refractivity contribution is 0.0648. The molecule has 0 bridgehead atoms. The summed E-state index contributed by atoms with van der Waals surface area (Å²) in [4.78, 5) is 17.6. The molecule has 1 aromatic heterocycles. The fourth-order valence-corrected chi connectivity index (χ4v) is 5.05. The summed E-state index contributed by atoms with van der Waals surface area (Å²) in [6, 6.07) is 20.3. The van der Waals surface area contributed by atoms with Crippen LogP contribution in [0.15, 0.2) is 82.0 Å². The Hall–Kier alpha value is -3.80. The Morgan fingerprint density at radius 2 is 1.63 bits per heavy atom. The van der Waals surface area contributed by atoms with Crippen LogP contribution in [0.4, 0.5) is 11.4 Å². The lowest BCUT2D eigenvalue weighted by Crippen LogP contribution is -2.31. The van der Waals surface area contributed by atoms with Crippen LogP contribution in [0, 0.1) is 5.92 Å². The topological polar surface area (TPSA) is 52.3 Å². The molecule has 6 heteroatoms. The molecule has 1 fully saturated rings. The highest BCUT2D eigenvalue weighted by Crippen LogP contribution is 2.45. The molecule has 35 heavy (non-hydrogen) atoms. The molecule has 5 rings (SSSR count). The fraction of sp³-hybridized carbons (Fsp3) is 0.310. The van der Waals surface area contributed by atoms with Crippen molar-refractivity contribution in [2.45, 2.75) is 25.3 Å². The van der Waals surface area contributed by atoms with Crippen molar-refractivity contribution in [1.82, 2.24) is 5.01 Å². The van der Waals surface area contributed by atoms with Crippen LogP contribution in [-0.2, 0) is 0 Å². The summed E-state index contributed by atoms with van der Waals surface area (Å²) in [6.07, 6.45) is 6.79. The first-order valence-electron chi connectivity index (χ1n) is 12.1. The van der Waals surface area contributed by atoms with E-state index in [0.717, 1.165) is 41.8 Å². The molecule has 2 aliphatic rings. The van der Waals surface area contributed by atoms with Gasteiger partial charge in [0.2, 0.25) is 0 Å². The van der Waals surface area contributed by atoms with Crippen LogP contribution >= 0.6 is 0 Å². The predicted molar refractivity (Wildman–Crippen MR) is 142 cm³/mol. The lowest BCUT2D eigenvalue weighted by atomic mass is 9.77. The number of hydrazone groups is 1. The molecule has 3 aromatic rings. The molecule has 2 heterocycles. The molecular formula is C29H32N4O2. The van der Waals surface area contributed by atoms with Gasteiger partial charge in [-0.3, -0.25) is 4.79 Å². The van der Waals surface area contributed by atoms with E-state index in [9.17, 15) is 4.79 Å². The molecular weight excluding hydrogens is 436 g/mol. The summed E-state index contributed by atoms with van der Waals surface area (Å²) in [6.45, 7) is 0. The molecule has 1 saturated carbocycles. The Balaban J connectivity index is 1.53. The Morgan fingerprint density at radius 3 is 2.23 bits per heavy atom. The van der Waals surface area contributed by atoms with E-state index in [-0.39, 0.29) is 17.9 Å². The van der Waals surface area contributed by atoms with Gasteiger partial charge in [-0.05, 0) is 78.4 Å². The van der Waals surface area contributed by atoms with Crippen molar-refractivity contribution in [3.05, 3.63) is 89.4 Å². The van der Waals surface area contributed by atoms with Crippen LogP contribution in [0.2, 0.25) is 0 Å². The van der Waals surface area contributed by atoms with Crippen molar-refractivity contribution in [2.24, 2.45) is 11.0 Å². The van der Waals surface area contributed by atoms with Gasteiger partial charge in [0.15, 0.2) is 5.76 Å². The number of hydrogen-bond acceptors (Lipinski definition) is 5. The van der Waals surface area contributed by atoms with Gasteiger partial charge in [-0.15, -0.1) is 0 Å². The van der Waals surface area contributed by atoms with E-state index in [1.807, 2.05) is 28.2 Å². The Kier molecular flexibility index (Phi) is 6.20. The third-order valence-corrected chi connectivity index (χ3v) is 6.94. The van der Waals surface area contributed by atoms with Gasteiger partial charge in [0.25, 0.3) is 0 Å². The second-order valence-electron chi connectivity index (χ2n) is 9.70. The number of rotatable bonds is 5. The Labute approximate surface area is 207 Å².